The second kappa shape index (κ2) is 13.1. The van der Waals surface area contributed by atoms with Crippen molar-refractivity contribution in [3.63, 3.8) is 0 Å². The highest BCUT2D eigenvalue weighted by molar-refractivity contribution is 5.96. The van der Waals surface area contributed by atoms with Gasteiger partial charge in [-0.1, -0.05) is 66.7 Å². The van der Waals surface area contributed by atoms with Crippen molar-refractivity contribution in [2.75, 3.05) is 11.9 Å². The van der Waals surface area contributed by atoms with Gasteiger partial charge >= 0.3 is 12.1 Å². The average Bonchev–Trinajstić information content (AvgIpc) is 2.86. The highest BCUT2D eigenvalue weighted by atomic mass is 16.6. The van der Waals surface area contributed by atoms with Gasteiger partial charge in [-0.25, -0.2) is 9.59 Å². The number of hydrogen-bond acceptors (Lipinski definition) is 6. The summed E-state index contributed by atoms with van der Waals surface area (Å²) in [4.78, 5) is 37.6. The number of benzene rings is 3. The van der Waals surface area contributed by atoms with Crippen LogP contribution in [0.2, 0.25) is 0 Å². The monoisotopic (exact) mass is 504 g/mol. The summed E-state index contributed by atoms with van der Waals surface area (Å²) in [6.45, 7) is 5.15. The molecule has 0 saturated carbocycles. The van der Waals surface area contributed by atoms with Gasteiger partial charge in [0, 0.05) is 18.2 Å². The first-order valence-electron chi connectivity index (χ1n) is 11.9. The van der Waals surface area contributed by atoms with Gasteiger partial charge in [-0.15, -0.1) is 0 Å². The van der Waals surface area contributed by atoms with Gasteiger partial charge in [-0.2, -0.15) is 0 Å². The molecule has 3 aromatic carbocycles. The number of hydrogen-bond donors (Lipinski definition) is 2. The van der Waals surface area contributed by atoms with Crippen molar-refractivity contribution >= 4 is 23.7 Å². The molecule has 0 heterocycles. The van der Waals surface area contributed by atoms with Crippen LogP contribution in [-0.4, -0.2) is 36.2 Å². The van der Waals surface area contributed by atoms with Crippen LogP contribution in [0.25, 0.3) is 0 Å². The quantitative estimate of drug-likeness (QED) is 0.382. The van der Waals surface area contributed by atoms with Crippen molar-refractivity contribution < 1.29 is 28.6 Å². The molecule has 0 unspecified atom stereocenters. The number of esters is 1. The summed E-state index contributed by atoms with van der Waals surface area (Å²) in [7, 11) is 0. The van der Waals surface area contributed by atoms with Crippen molar-refractivity contribution in [1.82, 2.24) is 5.32 Å². The predicted octanol–water partition coefficient (Wildman–Crippen LogP) is 4.88. The van der Waals surface area contributed by atoms with Crippen molar-refractivity contribution in [2.24, 2.45) is 0 Å². The predicted molar refractivity (Wildman–Crippen MR) is 140 cm³/mol. The molecule has 0 saturated heterocycles. The van der Waals surface area contributed by atoms with Crippen LogP contribution in [0.1, 0.15) is 31.9 Å². The van der Waals surface area contributed by atoms with Gasteiger partial charge in [-0.05, 0) is 44.0 Å². The minimum atomic E-state index is -0.892. The van der Waals surface area contributed by atoms with E-state index in [-0.39, 0.29) is 19.6 Å². The SMILES string of the molecule is CC(C)(C)OC(=O)COc1cccc(NC(=O)[C@@H](Cc2ccccc2)NC(=O)OCc2ccccc2)c1. The molecular weight excluding hydrogens is 472 g/mol. The summed E-state index contributed by atoms with van der Waals surface area (Å²) >= 11 is 0. The summed E-state index contributed by atoms with van der Waals surface area (Å²) in [5.74, 6) is -0.536. The Morgan fingerprint density at radius 2 is 1.49 bits per heavy atom. The van der Waals surface area contributed by atoms with E-state index in [1.807, 2.05) is 60.7 Å². The van der Waals surface area contributed by atoms with Crippen molar-refractivity contribution in [2.45, 2.75) is 45.4 Å². The second-order valence-corrected chi connectivity index (χ2v) is 9.34. The minimum absolute atomic E-state index is 0.0867. The van der Waals surface area contributed by atoms with E-state index in [1.165, 1.54) is 0 Å². The Balaban J connectivity index is 1.63. The summed E-state index contributed by atoms with van der Waals surface area (Å²) in [6.07, 6.45) is -0.434. The van der Waals surface area contributed by atoms with Gasteiger partial charge in [0.05, 0.1) is 0 Å². The lowest BCUT2D eigenvalue weighted by atomic mass is 10.1. The Bertz CT molecular complexity index is 1180. The Labute approximate surface area is 216 Å². The molecule has 2 amide bonds. The summed E-state index contributed by atoms with van der Waals surface area (Å²) in [5, 5.41) is 5.47. The molecule has 3 aromatic rings. The molecule has 0 aromatic heterocycles. The number of amides is 2. The Hall–Kier alpha value is -4.33. The third-order valence-electron chi connectivity index (χ3n) is 4.98. The lowest BCUT2D eigenvalue weighted by molar-refractivity contribution is -0.157. The number of nitrogens with one attached hydrogen (secondary N) is 2. The molecule has 0 fully saturated rings. The van der Waals surface area contributed by atoms with Crippen LogP contribution in [0.4, 0.5) is 10.5 Å². The highest BCUT2D eigenvalue weighted by Crippen LogP contribution is 2.18. The van der Waals surface area contributed by atoms with E-state index in [0.29, 0.717) is 11.4 Å². The highest BCUT2D eigenvalue weighted by Gasteiger charge is 2.23. The van der Waals surface area contributed by atoms with Crippen LogP contribution in [0.5, 0.6) is 5.75 Å². The fraction of sp³-hybridized carbons (Fsp3) is 0.276. The summed E-state index contributed by atoms with van der Waals surface area (Å²) < 4.78 is 16.1. The first-order valence-corrected chi connectivity index (χ1v) is 11.9. The van der Waals surface area contributed by atoms with E-state index in [0.717, 1.165) is 11.1 Å². The minimum Gasteiger partial charge on any atom is -0.482 e. The molecule has 0 bridgehead atoms. The fourth-order valence-electron chi connectivity index (χ4n) is 3.37. The smallest absolute Gasteiger partial charge is 0.408 e. The first kappa shape index (κ1) is 27.3. The van der Waals surface area contributed by atoms with Gasteiger partial charge in [0.15, 0.2) is 6.61 Å². The van der Waals surface area contributed by atoms with E-state index >= 15 is 0 Å². The van der Waals surface area contributed by atoms with Crippen LogP contribution in [0.3, 0.4) is 0 Å². The number of carbonyl (C=O) groups excluding carboxylic acids is 3. The van der Waals surface area contributed by atoms with Gasteiger partial charge in [0.1, 0.15) is 24.0 Å². The second-order valence-electron chi connectivity index (χ2n) is 9.34. The lowest BCUT2D eigenvalue weighted by Gasteiger charge is -2.20. The first-order chi connectivity index (χ1) is 17.7. The number of alkyl carbamates (subject to hydrolysis) is 1. The lowest BCUT2D eigenvalue weighted by Crippen LogP contribution is -2.45. The number of rotatable bonds is 10. The van der Waals surface area contributed by atoms with Crippen LogP contribution in [0.15, 0.2) is 84.9 Å². The largest absolute Gasteiger partial charge is 0.482 e. The normalized spacial score (nSPS) is 11.6. The van der Waals surface area contributed by atoms with E-state index in [2.05, 4.69) is 10.6 Å². The van der Waals surface area contributed by atoms with Crippen molar-refractivity contribution in [3.05, 3.63) is 96.1 Å². The molecule has 8 heteroatoms. The van der Waals surface area contributed by atoms with E-state index in [4.69, 9.17) is 14.2 Å². The van der Waals surface area contributed by atoms with Gasteiger partial charge in [0.25, 0.3) is 0 Å². The van der Waals surface area contributed by atoms with E-state index in [9.17, 15) is 14.4 Å². The molecular formula is C29H32N2O6. The number of anilines is 1. The summed E-state index contributed by atoms with van der Waals surface area (Å²) in [6, 6.07) is 24.4. The van der Waals surface area contributed by atoms with Crippen LogP contribution in [-0.2, 0) is 32.1 Å². The van der Waals surface area contributed by atoms with Crippen molar-refractivity contribution in [1.29, 1.82) is 0 Å². The van der Waals surface area contributed by atoms with Crippen LogP contribution in [0, 0.1) is 0 Å². The molecule has 0 aliphatic heterocycles. The average molecular weight is 505 g/mol. The molecule has 1 atom stereocenters. The zero-order valence-electron chi connectivity index (χ0n) is 21.2. The maximum absolute atomic E-state index is 13.2. The zero-order valence-corrected chi connectivity index (χ0v) is 21.2. The molecule has 0 aliphatic rings. The molecule has 37 heavy (non-hydrogen) atoms. The van der Waals surface area contributed by atoms with Crippen LogP contribution < -0.4 is 15.4 Å². The molecule has 0 spiro atoms. The third-order valence-corrected chi connectivity index (χ3v) is 4.98. The van der Waals surface area contributed by atoms with Crippen molar-refractivity contribution in [3.8, 4) is 5.75 Å². The number of carbonyl (C=O) groups is 3. The molecule has 0 radical (unpaired) electrons. The van der Waals surface area contributed by atoms with Gasteiger partial charge in [0.2, 0.25) is 5.91 Å². The van der Waals surface area contributed by atoms with Gasteiger partial charge in [-0.3, -0.25) is 4.79 Å². The third kappa shape index (κ3) is 10.0. The van der Waals surface area contributed by atoms with Gasteiger partial charge < -0.3 is 24.8 Å². The zero-order chi connectivity index (χ0) is 26.7. The summed E-state index contributed by atoms with van der Waals surface area (Å²) in [5.41, 5.74) is 1.55. The maximum atomic E-state index is 13.2. The Morgan fingerprint density at radius 3 is 2.14 bits per heavy atom. The molecule has 2 N–H and O–H groups in total. The standard InChI is InChI=1S/C29H32N2O6/c1-29(2,3)37-26(32)20-35-24-16-10-15-23(18-24)30-27(33)25(17-21-11-6-4-7-12-21)31-28(34)36-19-22-13-8-5-9-14-22/h4-16,18,25H,17,19-20H2,1-3H3,(H,30,33)(H,31,34)/t25-/m1/s1. The van der Waals surface area contributed by atoms with Crippen LogP contribution >= 0.6 is 0 Å². The fourth-order valence-corrected chi connectivity index (χ4v) is 3.37. The maximum Gasteiger partial charge on any atom is 0.408 e. The Morgan fingerprint density at radius 1 is 0.838 bits per heavy atom. The molecule has 0 aliphatic carbocycles. The topological polar surface area (TPSA) is 103 Å². The van der Waals surface area contributed by atoms with E-state index in [1.54, 1.807) is 45.0 Å². The molecule has 3 rings (SSSR count). The van der Waals surface area contributed by atoms with E-state index < -0.39 is 29.6 Å². The number of ether oxygens (including phenoxy) is 3. The molecule has 8 nitrogen and oxygen atoms in total. The molecule has 194 valence electrons. The Kier molecular flexibility index (Phi) is 9.66.